The van der Waals surface area contributed by atoms with Crippen molar-refractivity contribution in [1.29, 1.82) is 0 Å². The highest BCUT2D eigenvalue weighted by Crippen LogP contribution is 2.38. The van der Waals surface area contributed by atoms with Gasteiger partial charge in [0, 0.05) is 32.1 Å². The molecule has 1 saturated heterocycles. The van der Waals surface area contributed by atoms with Crippen LogP contribution in [0.25, 0.3) is 5.65 Å². The summed E-state index contributed by atoms with van der Waals surface area (Å²) in [4.78, 5) is 25.5. The fourth-order valence-corrected chi connectivity index (χ4v) is 2.71. The van der Waals surface area contributed by atoms with E-state index in [2.05, 4.69) is 5.10 Å². The molecule has 2 aromatic rings. The Morgan fingerprint density at radius 3 is 2.54 bits per heavy atom. The smallest absolute Gasteiger partial charge is 0.380 e. The number of halogens is 3. The second-order valence-electron chi connectivity index (χ2n) is 5.78. The maximum Gasteiger partial charge on any atom is 0.417 e. The van der Waals surface area contributed by atoms with Gasteiger partial charge in [0.2, 0.25) is 5.91 Å². The van der Waals surface area contributed by atoms with Gasteiger partial charge in [-0.25, -0.2) is 9.48 Å². The second-order valence-corrected chi connectivity index (χ2v) is 5.78. The third-order valence-electron chi connectivity index (χ3n) is 4.24. The summed E-state index contributed by atoms with van der Waals surface area (Å²) in [6.07, 6.45) is -4.37. The molecule has 3 rings (SSSR count). The first-order valence-electron chi connectivity index (χ1n) is 7.32. The van der Waals surface area contributed by atoms with Crippen LogP contribution < -0.4 is 5.69 Å². The fourth-order valence-electron chi connectivity index (χ4n) is 2.71. The zero-order chi connectivity index (χ0) is 17.5. The first-order valence-corrected chi connectivity index (χ1v) is 7.32. The van der Waals surface area contributed by atoms with E-state index in [1.54, 1.807) is 18.2 Å². The van der Waals surface area contributed by atoms with E-state index >= 15 is 0 Å². The van der Waals surface area contributed by atoms with Gasteiger partial charge in [0.05, 0.1) is 0 Å². The molecule has 10 heteroatoms. The molecule has 7 nitrogen and oxygen atoms in total. The third-order valence-corrected chi connectivity index (χ3v) is 4.24. The first kappa shape index (κ1) is 16.5. The highest BCUT2D eigenvalue weighted by atomic mass is 19.4. The summed E-state index contributed by atoms with van der Waals surface area (Å²) >= 11 is 0. The van der Waals surface area contributed by atoms with Gasteiger partial charge < -0.3 is 10.0 Å². The van der Waals surface area contributed by atoms with Crippen molar-refractivity contribution in [2.24, 2.45) is 0 Å². The number of carbonyl (C=O) groups is 1. The van der Waals surface area contributed by atoms with Gasteiger partial charge in [-0.2, -0.15) is 13.2 Å². The molecule has 2 aromatic heterocycles. The van der Waals surface area contributed by atoms with Crippen LogP contribution in [0.5, 0.6) is 0 Å². The number of alkyl halides is 3. The molecule has 0 aliphatic carbocycles. The molecule has 0 bridgehead atoms. The van der Waals surface area contributed by atoms with E-state index in [-0.39, 0.29) is 19.6 Å². The van der Waals surface area contributed by atoms with Crippen LogP contribution in [-0.4, -0.2) is 55.0 Å². The molecule has 1 aliphatic rings. The molecular weight excluding hydrogens is 329 g/mol. The number of fused-ring (bicyclic) bond motifs is 1. The van der Waals surface area contributed by atoms with E-state index in [1.165, 1.54) is 15.5 Å². The van der Waals surface area contributed by atoms with Gasteiger partial charge in [-0.3, -0.25) is 9.20 Å². The molecule has 0 radical (unpaired) electrons. The number of rotatable bonds is 2. The van der Waals surface area contributed by atoms with Crippen molar-refractivity contribution in [2.45, 2.75) is 31.2 Å². The van der Waals surface area contributed by atoms with Crippen molar-refractivity contribution in [2.75, 3.05) is 13.1 Å². The number of aromatic nitrogens is 3. The summed E-state index contributed by atoms with van der Waals surface area (Å²) in [6, 6.07) is 4.94. The average Bonchev–Trinajstić information content (AvgIpc) is 2.83. The number of nitrogens with zero attached hydrogens (tertiary/aromatic N) is 4. The Bertz CT molecular complexity index is 819. The Morgan fingerprint density at radius 1 is 1.29 bits per heavy atom. The molecule has 0 spiro atoms. The summed E-state index contributed by atoms with van der Waals surface area (Å²) in [7, 11) is 0. The van der Waals surface area contributed by atoms with Crippen LogP contribution in [0, 0.1) is 0 Å². The highest BCUT2D eigenvalue weighted by molar-refractivity contribution is 5.76. The maximum absolute atomic E-state index is 12.8. The van der Waals surface area contributed by atoms with Gasteiger partial charge in [-0.15, -0.1) is 5.10 Å². The van der Waals surface area contributed by atoms with E-state index in [1.807, 2.05) is 0 Å². The Kier molecular flexibility index (Phi) is 3.86. The van der Waals surface area contributed by atoms with Crippen LogP contribution in [0.3, 0.4) is 0 Å². The number of pyridine rings is 1. The molecular formula is C14H15F3N4O3. The molecule has 1 N–H and O–H groups in total. The number of likely N-dealkylation sites (tertiary alicyclic amines) is 1. The predicted molar refractivity (Wildman–Crippen MR) is 76.3 cm³/mol. The summed E-state index contributed by atoms with van der Waals surface area (Å²) in [6.45, 7) is -0.807. The SMILES string of the molecule is O=C(Cn1nc2ccccn2c1=O)N1CCC(O)(C(F)(F)F)CC1. The average molecular weight is 344 g/mol. The number of carbonyl (C=O) groups excluding carboxylic acids is 1. The Balaban J connectivity index is 1.70. The molecule has 130 valence electrons. The zero-order valence-electron chi connectivity index (χ0n) is 12.5. The van der Waals surface area contributed by atoms with Crippen molar-refractivity contribution in [3.63, 3.8) is 0 Å². The monoisotopic (exact) mass is 344 g/mol. The van der Waals surface area contributed by atoms with Crippen molar-refractivity contribution in [3.8, 4) is 0 Å². The zero-order valence-corrected chi connectivity index (χ0v) is 12.5. The van der Waals surface area contributed by atoms with Gasteiger partial charge in [-0.05, 0) is 12.1 Å². The molecule has 0 saturated carbocycles. The molecule has 1 fully saturated rings. The van der Waals surface area contributed by atoms with Crippen LogP contribution in [0.15, 0.2) is 29.2 Å². The Hall–Kier alpha value is -2.36. The predicted octanol–water partition coefficient (Wildman–Crippen LogP) is 0.412. The van der Waals surface area contributed by atoms with Crippen LogP contribution in [-0.2, 0) is 11.3 Å². The number of piperidine rings is 1. The number of aliphatic hydroxyl groups is 1. The summed E-state index contributed by atoms with van der Waals surface area (Å²) in [5, 5.41) is 13.6. The van der Waals surface area contributed by atoms with E-state index in [9.17, 15) is 27.9 Å². The summed E-state index contributed by atoms with van der Waals surface area (Å²) < 4.78 is 40.5. The van der Waals surface area contributed by atoms with Gasteiger partial charge in [0.15, 0.2) is 11.2 Å². The Labute approximate surface area is 133 Å². The fraction of sp³-hybridized carbons (Fsp3) is 0.500. The van der Waals surface area contributed by atoms with Crippen molar-refractivity contribution < 1.29 is 23.1 Å². The van der Waals surface area contributed by atoms with Crippen molar-refractivity contribution in [3.05, 3.63) is 34.9 Å². The maximum atomic E-state index is 12.8. The lowest BCUT2D eigenvalue weighted by atomic mass is 9.91. The lowest BCUT2D eigenvalue weighted by Crippen LogP contribution is -2.54. The van der Waals surface area contributed by atoms with Crippen molar-refractivity contribution in [1.82, 2.24) is 19.1 Å². The molecule has 0 unspecified atom stereocenters. The normalized spacial score (nSPS) is 18.1. The minimum atomic E-state index is -4.72. The summed E-state index contributed by atoms with van der Waals surface area (Å²) in [5.41, 5.74) is -2.88. The van der Waals surface area contributed by atoms with E-state index in [0.717, 1.165) is 4.68 Å². The van der Waals surface area contributed by atoms with Gasteiger partial charge >= 0.3 is 11.9 Å². The van der Waals surface area contributed by atoms with Gasteiger partial charge in [0.25, 0.3) is 0 Å². The van der Waals surface area contributed by atoms with Gasteiger partial charge in [-0.1, -0.05) is 6.07 Å². The van der Waals surface area contributed by atoms with Crippen LogP contribution in [0.1, 0.15) is 12.8 Å². The van der Waals surface area contributed by atoms with Crippen molar-refractivity contribution >= 4 is 11.6 Å². The van der Waals surface area contributed by atoms with Gasteiger partial charge in [0.1, 0.15) is 6.54 Å². The minimum Gasteiger partial charge on any atom is -0.380 e. The second kappa shape index (κ2) is 5.62. The topological polar surface area (TPSA) is 79.8 Å². The molecule has 1 amide bonds. The van der Waals surface area contributed by atoms with E-state index < -0.39 is 36.2 Å². The van der Waals surface area contributed by atoms with Crippen LogP contribution >= 0.6 is 0 Å². The summed E-state index contributed by atoms with van der Waals surface area (Å²) in [5.74, 6) is -0.510. The van der Waals surface area contributed by atoms with E-state index in [4.69, 9.17) is 0 Å². The highest BCUT2D eigenvalue weighted by Gasteiger charge is 2.54. The van der Waals surface area contributed by atoms with E-state index in [0.29, 0.717) is 5.65 Å². The number of amides is 1. The standard InChI is InChI=1S/C14H15F3N4O3/c15-14(16,17)13(24)4-7-19(8-5-13)11(22)9-21-12(23)20-6-2-1-3-10(20)18-21/h1-3,6,24H,4-5,7-9H2. The largest absolute Gasteiger partial charge is 0.417 e. The van der Waals surface area contributed by atoms with Crippen LogP contribution in [0.2, 0.25) is 0 Å². The quantitative estimate of drug-likeness (QED) is 0.856. The lowest BCUT2D eigenvalue weighted by molar-refractivity contribution is -0.272. The first-order chi connectivity index (χ1) is 11.2. The number of hydrogen-bond acceptors (Lipinski definition) is 4. The molecule has 1 aliphatic heterocycles. The number of hydrogen-bond donors (Lipinski definition) is 1. The molecule has 0 aromatic carbocycles. The third kappa shape index (κ3) is 2.77. The molecule has 0 atom stereocenters. The molecule has 24 heavy (non-hydrogen) atoms. The minimum absolute atomic E-state index is 0.225. The lowest BCUT2D eigenvalue weighted by Gasteiger charge is -2.39. The van der Waals surface area contributed by atoms with Crippen LogP contribution in [0.4, 0.5) is 13.2 Å². The molecule has 3 heterocycles. The Morgan fingerprint density at radius 2 is 1.96 bits per heavy atom.